The maximum absolute atomic E-state index is 13.3. The maximum atomic E-state index is 13.3. The summed E-state index contributed by atoms with van der Waals surface area (Å²) in [4.78, 5) is 14.9. The van der Waals surface area contributed by atoms with Crippen LogP contribution in [0, 0.1) is 5.82 Å². The third-order valence-electron chi connectivity index (χ3n) is 4.23. The number of benzene rings is 2. The van der Waals surface area contributed by atoms with Crippen LogP contribution in [0.15, 0.2) is 71.3 Å². The summed E-state index contributed by atoms with van der Waals surface area (Å²) < 4.78 is 18.6. The van der Waals surface area contributed by atoms with Crippen molar-refractivity contribution in [1.82, 2.24) is 0 Å². The van der Waals surface area contributed by atoms with Crippen molar-refractivity contribution >= 4 is 17.3 Å². The van der Waals surface area contributed by atoms with Crippen molar-refractivity contribution in [2.75, 3.05) is 24.3 Å². The van der Waals surface area contributed by atoms with Crippen LogP contribution in [0.25, 0.3) is 0 Å². The summed E-state index contributed by atoms with van der Waals surface area (Å²) in [6.07, 6.45) is 1.98. The Kier molecular flexibility index (Phi) is 5.37. The molecule has 0 bridgehead atoms. The predicted molar refractivity (Wildman–Crippen MR) is 101 cm³/mol. The van der Waals surface area contributed by atoms with E-state index < -0.39 is 5.92 Å². The lowest BCUT2D eigenvalue weighted by atomic mass is 9.93. The number of hydrogen-bond donors (Lipinski definition) is 1. The highest BCUT2D eigenvalue weighted by atomic mass is 19.1. The molecule has 1 heterocycles. The predicted octanol–water partition coefficient (Wildman–Crippen LogP) is 4.45. The summed E-state index contributed by atoms with van der Waals surface area (Å²) in [5.41, 5.74) is 2.51. The van der Waals surface area contributed by atoms with Crippen molar-refractivity contribution in [1.29, 1.82) is 0 Å². The number of rotatable bonds is 6. The molecule has 0 saturated carbocycles. The fourth-order valence-electron chi connectivity index (χ4n) is 2.76. The minimum atomic E-state index is -0.477. The monoisotopic (exact) mass is 352 g/mol. The molecule has 1 atom stereocenters. The Bertz CT molecular complexity index is 841. The zero-order chi connectivity index (χ0) is 18.5. The fourth-order valence-corrected chi connectivity index (χ4v) is 2.76. The second-order valence-corrected chi connectivity index (χ2v) is 6.32. The van der Waals surface area contributed by atoms with Gasteiger partial charge >= 0.3 is 0 Å². The Morgan fingerprint density at radius 3 is 2.35 bits per heavy atom. The highest BCUT2D eigenvalue weighted by Gasteiger charge is 2.22. The largest absolute Gasteiger partial charge is 0.469 e. The molecule has 0 aliphatic rings. The number of furan rings is 1. The van der Waals surface area contributed by atoms with Crippen molar-refractivity contribution in [2.45, 2.75) is 12.3 Å². The number of nitrogens with one attached hydrogen (secondary N) is 1. The summed E-state index contributed by atoms with van der Waals surface area (Å²) in [6, 6.07) is 17.2. The first-order valence-electron chi connectivity index (χ1n) is 8.39. The SMILES string of the molecule is CN(C)c1ccc(NC(=O)C(Cc2ccco2)c2ccc(F)cc2)cc1. The summed E-state index contributed by atoms with van der Waals surface area (Å²) in [5.74, 6) is -0.261. The normalized spacial score (nSPS) is 11.8. The Hall–Kier alpha value is -3.08. The Balaban J connectivity index is 1.80. The Morgan fingerprint density at radius 2 is 1.77 bits per heavy atom. The smallest absolute Gasteiger partial charge is 0.232 e. The van der Waals surface area contributed by atoms with Gasteiger partial charge in [0.25, 0.3) is 0 Å². The zero-order valence-electron chi connectivity index (χ0n) is 14.8. The highest BCUT2D eigenvalue weighted by molar-refractivity contribution is 5.96. The van der Waals surface area contributed by atoms with E-state index in [0.717, 1.165) is 11.3 Å². The van der Waals surface area contributed by atoms with Gasteiger partial charge in [0.05, 0.1) is 12.2 Å². The molecule has 0 aliphatic heterocycles. The topological polar surface area (TPSA) is 45.5 Å². The molecule has 1 unspecified atom stereocenters. The number of hydrogen-bond acceptors (Lipinski definition) is 3. The van der Waals surface area contributed by atoms with Gasteiger partial charge in [0.2, 0.25) is 5.91 Å². The average molecular weight is 352 g/mol. The molecular formula is C21H21FN2O2. The van der Waals surface area contributed by atoms with Crippen molar-refractivity contribution in [3.63, 3.8) is 0 Å². The summed E-state index contributed by atoms with van der Waals surface area (Å²) >= 11 is 0. The third-order valence-corrected chi connectivity index (χ3v) is 4.23. The van der Waals surface area contributed by atoms with E-state index >= 15 is 0 Å². The Labute approximate surface area is 152 Å². The van der Waals surface area contributed by atoms with Crippen LogP contribution in [0.3, 0.4) is 0 Å². The first-order valence-corrected chi connectivity index (χ1v) is 8.39. The third kappa shape index (κ3) is 4.30. The van der Waals surface area contributed by atoms with Gasteiger partial charge in [-0.1, -0.05) is 12.1 Å². The molecule has 5 heteroatoms. The van der Waals surface area contributed by atoms with Gasteiger partial charge in [0.1, 0.15) is 11.6 Å². The van der Waals surface area contributed by atoms with E-state index in [4.69, 9.17) is 4.42 Å². The van der Waals surface area contributed by atoms with E-state index in [2.05, 4.69) is 5.32 Å². The molecular weight excluding hydrogens is 331 g/mol. The lowest BCUT2D eigenvalue weighted by Gasteiger charge is -2.17. The molecule has 0 radical (unpaired) electrons. The minimum absolute atomic E-state index is 0.161. The van der Waals surface area contributed by atoms with E-state index in [9.17, 15) is 9.18 Å². The summed E-state index contributed by atoms with van der Waals surface area (Å²) in [6.45, 7) is 0. The van der Waals surface area contributed by atoms with E-state index in [0.29, 0.717) is 17.9 Å². The number of carbonyl (C=O) groups excluding carboxylic acids is 1. The van der Waals surface area contributed by atoms with Crippen molar-refractivity contribution in [2.24, 2.45) is 0 Å². The highest BCUT2D eigenvalue weighted by Crippen LogP contribution is 2.24. The maximum Gasteiger partial charge on any atom is 0.232 e. The van der Waals surface area contributed by atoms with Crippen LogP contribution in [0.4, 0.5) is 15.8 Å². The molecule has 2 aromatic carbocycles. The van der Waals surface area contributed by atoms with Gasteiger partial charge in [-0.05, 0) is 54.1 Å². The van der Waals surface area contributed by atoms with Crippen LogP contribution < -0.4 is 10.2 Å². The van der Waals surface area contributed by atoms with Crippen LogP contribution in [-0.4, -0.2) is 20.0 Å². The summed E-state index contributed by atoms with van der Waals surface area (Å²) in [7, 11) is 3.92. The number of anilines is 2. The molecule has 26 heavy (non-hydrogen) atoms. The number of amides is 1. The fraction of sp³-hybridized carbons (Fsp3) is 0.190. The molecule has 0 fully saturated rings. The van der Waals surface area contributed by atoms with Gasteiger partial charge in [-0.25, -0.2) is 4.39 Å². The van der Waals surface area contributed by atoms with Gasteiger partial charge in [-0.2, -0.15) is 0 Å². The van der Waals surface area contributed by atoms with Crippen molar-refractivity contribution in [3.8, 4) is 0 Å². The first-order chi connectivity index (χ1) is 12.5. The Morgan fingerprint density at radius 1 is 1.08 bits per heavy atom. The van der Waals surface area contributed by atoms with Crippen LogP contribution in [0.5, 0.6) is 0 Å². The molecule has 1 aromatic heterocycles. The van der Waals surface area contributed by atoms with Crippen LogP contribution in [0.1, 0.15) is 17.2 Å². The van der Waals surface area contributed by atoms with Gasteiger partial charge < -0.3 is 14.6 Å². The van der Waals surface area contributed by atoms with Gasteiger partial charge in [-0.15, -0.1) is 0 Å². The molecule has 3 rings (SSSR count). The van der Waals surface area contributed by atoms with Gasteiger partial charge in [0.15, 0.2) is 0 Å². The molecule has 3 aromatic rings. The van der Waals surface area contributed by atoms with Gasteiger partial charge in [-0.3, -0.25) is 4.79 Å². The standard InChI is InChI=1S/C21H21FN2O2/c1-24(2)18-11-9-17(10-12-18)23-21(25)20(14-19-4-3-13-26-19)15-5-7-16(22)8-6-15/h3-13,20H,14H2,1-2H3,(H,23,25). The lowest BCUT2D eigenvalue weighted by molar-refractivity contribution is -0.117. The zero-order valence-corrected chi connectivity index (χ0v) is 14.8. The molecule has 1 N–H and O–H groups in total. The molecule has 1 amide bonds. The van der Waals surface area contributed by atoms with E-state index in [1.807, 2.05) is 49.3 Å². The lowest BCUT2D eigenvalue weighted by Crippen LogP contribution is -2.23. The first kappa shape index (κ1) is 17.7. The van der Waals surface area contributed by atoms with E-state index in [1.165, 1.54) is 12.1 Å². The molecule has 134 valence electrons. The van der Waals surface area contributed by atoms with Crippen molar-refractivity contribution in [3.05, 3.63) is 84.1 Å². The molecule has 0 aliphatic carbocycles. The van der Waals surface area contributed by atoms with E-state index in [-0.39, 0.29) is 11.7 Å². The van der Waals surface area contributed by atoms with Crippen LogP contribution >= 0.6 is 0 Å². The van der Waals surface area contributed by atoms with Crippen molar-refractivity contribution < 1.29 is 13.6 Å². The van der Waals surface area contributed by atoms with E-state index in [1.54, 1.807) is 24.5 Å². The summed E-state index contributed by atoms with van der Waals surface area (Å²) in [5, 5.41) is 2.94. The van der Waals surface area contributed by atoms with Crippen LogP contribution in [-0.2, 0) is 11.2 Å². The number of carbonyl (C=O) groups is 1. The molecule has 4 nitrogen and oxygen atoms in total. The number of nitrogens with zero attached hydrogens (tertiary/aromatic N) is 1. The second-order valence-electron chi connectivity index (χ2n) is 6.32. The van der Waals surface area contributed by atoms with Gasteiger partial charge in [0, 0.05) is 31.9 Å². The molecule has 0 spiro atoms. The molecule has 0 saturated heterocycles. The van der Waals surface area contributed by atoms with Crippen LogP contribution in [0.2, 0.25) is 0 Å². The second kappa shape index (κ2) is 7.87. The average Bonchev–Trinajstić information content (AvgIpc) is 3.14. The number of halogens is 1. The minimum Gasteiger partial charge on any atom is -0.469 e. The quantitative estimate of drug-likeness (QED) is 0.713.